The van der Waals surface area contributed by atoms with Gasteiger partial charge in [0.15, 0.2) is 0 Å². The molecule has 0 aliphatic rings. The Balaban J connectivity index is 4.95. The summed E-state index contributed by atoms with van der Waals surface area (Å²) in [5, 5.41) is 9.53. The molecule has 1 atom stereocenters. The Hall–Kier alpha value is -1.26. The first-order valence-electron chi connectivity index (χ1n) is 9.83. The van der Waals surface area contributed by atoms with Crippen molar-refractivity contribution in [1.29, 1.82) is 0 Å². The van der Waals surface area contributed by atoms with Crippen LogP contribution in [0.2, 0.25) is 0 Å². The second kappa shape index (κ2) is 14.8. The van der Waals surface area contributed by atoms with Gasteiger partial charge in [0.2, 0.25) is 0 Å². The highest BCUT2D eigenvalue weighted by Gasteiger charge is 2.22. The molecule has 3 nitrogen and oxygen atoms in total. The molecule has 0 bridgehead atoms. The average molecular weight is 394 g/mol. The molecule has 0 aromatic heterocycles. The smallest absolute Gasteiger partial charge is 0.321 e. The van der Waals surface area contributed by atoms with Gasteiger partial charge in [0.1, 0.15) is 6.04 Å². The highest BCUT2D eigenvalue weighted by atomic mass is 32.1. The van der Waals surface area contributed by atoms with Gasteiger partial charge in [0.25, 0.3) is 0 Å². The van der Waals surface area contributed by atoms with Gasteiger partial charge in [-0.25, -0.2) is 0 Å². The zero-order valence-electron chi connectivity index (χ0n) is 18.1. The fraction of sp³-hybridized carbons (Fsp3) is 0.609. The molecule has 0 unspecified atom stereocenters. The molecule has 0 aliphatic carbocycles. The fourth-order valence-electron chi connectivity index (χ4n) is 2.61. The van der Waals surface area contributed by atoms with Crippen LogP contribution in [-0.4, -0.2) is 40.9 Å². The molecule has 0 amide bonds. The van der Waals surface area contributed by atoms with E-state index in [-0.39, 0.29) is 0 Å². The summed E-state index contributed by atoms with van der Waals surface area (Å²) in [6, 6.07) is -0.572. The van der Waals surface area contributed by atoms with Crippen molar-refractivity contribution in [2.45, 2.75) is 73.3 Å². The minimum Gasteiger partial charge on any atom is -0.480 e. The van der Waals surface area contributed by atoms with E-state index in [1.165, 1.54) is 22.3 Å². The van der Waals surface area contributed by atoms with Crippen LogP contribution in [0, 0.1) is 0 Å². The van der Waals surface area contributed by atoms with Gasteiger partial charge in [-0.05, 0) is 67.2 Å². The molecule has 1 N–H and O–H groups in total. The average Bonchev–Trinajstić information content (AvgIpc) is 2.56. The maximum Gasteiger partial charge on any atom is 0.321 e. The standard InChI is InChI=1S/C23H39NO2S/c1-18(2)9-7-11-20(5)13-15-24(22(17-27)23(25)26)16-14-21(6)12-8-10-19(3)4/h9-10,13-14,22,27H,7-8,11-12,15-17H2,1-6H3,(H,25,26)/t22-/m0/s1. The van der Waals surface area contributed by atoms with Crippen molar-refractivity contribution in [3.63, 3.8) is 0 Å². The number of aliphatic carboxylic acids is 1. The number of carbonyl (C=O) groups is 1. The van der Waals surface area contributed by atoms with Crippen LogP contribution in [0.4, 0.5) is 0 Å². The zero-order valence-corrected chi connectivity index (χ0v) is 19.0. The Bertz CT molecular complexity index is 525. The fourth-order valence-corrected chi connectivity index (χ4v) is 2.99. The quantitative estimate of drug-likeness (QED) is 0.295. The van der Waals surface area contributed by atoms with E-state index in [0.717, 1.165) is 25.7 Å². The first kappa shape index (κ1) is 25.7. The minimum atomic E-state index is -0.809. The molecule has 0 radical (unpaired) electrons. The maximum absolute atomic E-state index is 11.6. The highest BCUT2D eigenvalue weighted by molar-refractivity contribution is 7.80. The lowest BCUT2D eigenvalue weighted by Gasteiger charge is -2.26. The summed E-state index contributed by atoms with van der Waals surface area (Å²) in [5.41, 5.74) is 5.26. The predicted molar refractivity (Wildman–Crippen MR) is 122 cm³/mol. The number of hydrogen-bond donors (Lipinski definition) is 2. The SMILES string of the molecule is CC(C)=CCCC(C)=CCN(CC=C(C)CCC=C(C)C)[C@@H](CS)C(=O)O. The summed E-state index contributed by atoms with van der Waals surface area (Å²) in [7, 11) is 0. The second-order valence-corrected chi connectivity index (χ2v) is 8.10. The molecule has 0 spiro atoms. The molecule has 154 valence electrons. The molecule has 0 saturated heterocycles. The summed E-state index contributed by atoms with van der Waals surface area (Å²) >= 11 is 4.26. The summed E-state index contributed by atoms with van der Waals surface area (Å²) in [4.78, 5) is 13.6. The maximum atomic E-state index is 11.6. The van der Waals surface area contributed by atoms with Gasteiger partial charge in [-0.2, -0.15) is 12.6 Å². The number of hydrogen-bond acceptors (Lipinski definition) is 3. The van der Waals surface area contributed by atoms with Crippen LogP contribution in [0.25, 0.3) is 0 Å². The van der Waals surface area contributed by atoms with Crippen molar-refractivity contribution in [3.05, 3.63) is 46.6 Å². The third-order valence-electron chi connectivity index (χ3n) is 4.43. The molecule has 0 aromatic carbocycles. The number of thiol groups is 1. The Kier molecular flexibility index (Phi) is 14.1. The monoisotopic (exact) mass is 393 g/mol. The minimum absolute atomic E-state index is 0.310. The Morgan fingerprint density at radius 1 is 0.852 bits per heavy atom. The predicted octanol–water partition coefficient (Wildman–Crippen LogP) is 6.06. The van der Waals surface area contributed by atoms with E-state index in [2.05, 4.69) is 78.5 Å². The van der Waals surface area contributed by atoms with Crippen LogP contribution in [0.15, 0.2) is 46.6 Å². The first-order chi connectivity index (χ1) is 12.7. The Labute approximate surface area is 172 Å². The lowest BCUT2D eigenvalue weighted by molar-refractivity contribution is -0.142. The van der Waals surface area contributed by atoms with Crippen molar-refractivity contribution in [1.82, 2.24) is 4.90 Å². The summed E-state index contributed by atoms with van der Waals surface area (Å²) in [5.74, 6) is -0.499. The second-order valence-electron chi connectivity index (χ2n) is 7.73. The van der Waals surface area contributed by atoms with Crippen molar-refractivity contribution in [3.8, 4) is 0 Å². The van der Waals surface area contributed by atoms with Crippen LogP contribution in [-0.2, 0) is 4.79 Å². The first-order valence-corrected chi connectivity index (χ1v) is 10.5. The summed E-state index contributed by atoms with van der Waals surface area (Å²) in [6.45, 7) is 13.9. The van der Waals surface area contributed by atoms with Gasteiger partial charge < -0.3 is 5.11 Å². The lowest BCUT2D eigenvalue weighted by atomic mass is 10.1. The van der Waals surface area contributed by atoms with Gasteiger partial charge in [0.05, 0.1) is 0 Å². The molecule has 0 fully saturated rings. The van der Waals surface area contributed by atoms with Crippen molar-refractivity contribution in [2.75, 3.05) is 18.8 Å². The Morgan fingerprint density at radius 3 is 1.56 bits per heavy atom. The van der Waals surface area contributed by atoms with E-state index >= 15 is 0 Å². The molecule has 27 heavy (non-hydrogen) atoms. The lowest BCUT2D eigenvalue weighted by Crippen LogP contribution is -2.43. The largest absolute Gasteiger partial charge is 0.480 e. The summed E-state index contributed by atoms with van der Waals surface area (Å²) < 4.78 is 0. The summed E-state index contributed by atoms with van der Waals surface area (Å²) in [6.07, 6.45) is 12.9. The molecular weight excluding hydrogens is 354 g/mol. The Morgan fingerprint density at radius 2 is 1.26 bits per heavy atom. The van der Waals surface area contributed by atoms with Gasteiger partial charge in [-0.15, -0.1) is 0 Å². The van der Waals surface area contributed by atoms with E-state index in [0.29, 0.717) is 18.8 Å². The number of rotatable bonds is 13. The number of allylic oxidation sites excluding steroid dienone is 6. The third kappa shape index (κ3) is 13.5. The molecule has 4 heteroatoms. The normalized spacial score (nSPS) is 13.5. The van der Waals surface area contributed by atoms with Gasteiger partial charge >= 0.3 is 5.97 Å². The van der Waals surface area contributed by atoms with Crippen LogP contribution >= 0.6 is 12.6 Å². The van der Waals surface area contributed by atoms with E-state index in [4.69, 9.17) is 0 Å². The van der Waals surface area contributed by atoms with Crippen LogP contribution in [0.3, 0.4) is 0 Å². The molecule has 0 saturated carbocycles. The van der Waals surface area contributed by atoms with Crippen molar-refractivity contribution in [2.24, 2.45) is 0 Å². The van der Waals surface area contributed by atoms with E-state index in [1.54, 1.807) is 0 Å². The van der Waals surface area contributed by atoms with Gasteiger partial charge in [0, 0.05) is 18.8 Å². The number of carboxylic acid groups (broad SMARTS) is 1. The molecular formula is C23H39NO2S. The molecule has 0 aromatic rings. The van der Waals surface area contributed by atoms with Gasteiger partial charge in [-0.3, -0.25) is 9.69 Å². The third-order valence-corrected chi connectivity index (χ3v) is 4.78. The molecule has 0 heterocycles. The van der Waals surface area contributed by atoms with E-state index in [9.17, 15) is 9.90 Å². The van der Waals surface area contributed by atoms with Crippen LogP contribution in [0.5, 0.6) is 0 Å². The topological polar surface area (TPSA) is 40.5 Å². The number of carboxylic acids is 1. The van der Waals surface area contributed by atoms with E-state index in [1.807, 2.05) is 4.90 Å². The van der Waals surface area contributed by atoms with Crippen molar-refractivity contribution < 1.29 is 9.90 Å². The zero-order chi connectivity index (χ0) is 20.8. The number of nitrogens with zero attached hydrogens (tertiary/aromatic N) is 1. The van der Waals surface area contributed by atoms with Crippen molar-refractivity contribution >= 4 is 18.6 Å². The molecule has 0 aliphatic heterocycles. The van der Waals surface area contributed by atoms with Crippen LogP contribution in [0.1, 0.15) is 67.2 Å². The van der Waals surface area contributed by atoms with Gasteiger partial charge in [-0.1, -0.05) is 46.6 Å². The van der Waals surface area contributed by atoms with Crippen LogP contribution < -0.4 is 0 Å². The van der Waals surface area contributed by atoms with E-state index < -0.39 is 12.0 Å². The molecule has 0 rings (SSSR count). The highest BCUT2D eigenvalue weighted by Crippen LogP contribution is 2.11.